The fourth-order valence-electron chi connectivity index (χ4n) is 4.36. The Kier molecular flexibility index (Phi) is 5.93. The Morgan fingerprint density at radius 1 is 1.15 bits per heavy atom. The number of nitrogens with one attached hydrogen (secondary N) is 1. The number of carbonyl (C=O) groups excluding carboxylic acids is 1. The normalized spacial score (nSPS) is 15.6. The number of aromatic nitrogens is 3. The summed E-state index contributed by atoms with van der Waals surface area (Å²) >= 11 is 0. The lowest BCUT2D eigenvalue weighted by atomic mass is 10.2. The molecule has 176 valence electrons. The van der Waals surface area contributed by atoms with Crippen LogP contribution in [0.4, 0.5) is 5.82 Å². The molecule has 2 aromatic heterocycles. The molecule has 2 aromatic carbocycles. The molecule has 0 spiro atoms. The van der Waals surface area contributed by atoms with Crippen molar-refractivity contribution in [1.29, 1.82) is 0 Å². The highest BCUT2D eigenvalue weighted by Crippen LogP contribution is 2.31. The molecule has 0 bridgehead atoms. The van der Waals surface area contributed by atoms with Crippen molar-refractivity contribution >= 4 is 33.9 Å². The van der Waals surface area contributed by atoms with Crippen molar-refractivity contribution in [1.82, 2.24) is 19.9 Å². The highest BCUT2D eigenvalue weighted by Gasteiger charge is 2.25. The second-order valence-corrected chi connectivity index (χ2v) is 8.27. The molecule has 4 aromatic rings. The largest absolute Gasteiger partial charge is 0.493 e. The number of fused-ring (bicyclic) bond motifs is 2. The summed E-state index contributed by atoms with van der Waals surface area (Å²) in [6, 6.07) is 13.2. The van der Waals surface area contributed by atoms with Gasteiger partial charge in [-0.15, -0.1) is 0 Å². The van der Waals surface area contributed by atoms with Crippen LogP contribution in [0, 0.1) is 0 Å². The predicted molar refractivity (Wildman–Crippen MR) is 129 cm³/mol. The fourth-order valence-corrected chi connectivity index (χ4v) is 4.36. The minimum absolute atomic E-state index is 0.0252. The van der Waals surface area contributed by atoms with Gasteiger partial charge in [0, 0.05) is 13.2 Å². The summed E-state index contributed by atoms with van der Waals surface area (Å²) in [7, 11) is 3.19. The van der Waals surface area contributed by atoms with E-state index in [9.17, 15) is 4.79 Å². The summed E-state index contributed by atoms with van der Waals surface area (Å²) in [6.07, 6.45) is 1.96. The van der Waals surface area contributed by atoms with Crippen LogP contribution in [0.5, 0.6) is 11.5 Å². The van der Waals surface area contributed by atoms with E-state index in [4.69, 9.17) is 29.9 Å². The van der Waals surface area contributed by atoms with Crippen LogP contribution in [0.1, 0.15) is 28.8 Å². The zero-order chi connectivity index (χ0) is 23.7. The summed E-state index contributed by atoms with van der Waals surface area (Å²) in [5, 5.41) is 2.97. The first-order chi connectivity index (χ1) is 16.6. The first-order valence-electron chi connectivity index (χ1n) is 11.2. The average Bonchev–Trinajstić information content (AvgIpc) is 3.47. The Morgan fingerprint density at radius 2 is 1.91 bits per heavy atom. The molecule has 1 atom stereocenters. The van der Waals surface area contributed by atoms with E-state index >= 15 is 0 Å². The maximum absolute atomic E-state index is 13.3. The lowest BCUT2D eigenvalue weighted by molar-refractivity contribution is 0.0859. The van der Waals surface area contributed by atoms with Gasteiger partial charge in [0.2, 0.25) is 0 Å². The Balaban J connectivity index is 1.58. The molecule has 1 amide bonds. The van der Waals surface area contributed by atoms with Crippen LogP contribution in [-0.2, 0) is 11.3 Å². The Bertz CT molecular complexity index is 1360. The molecule has 3 N–H and O–H groups in total. The summed E-state index contributed by atoms with van der Waals surface area (Å²) in [5.74, 6) is 1.27. The number of carbonyl (C=O) groups is 1. The topological polar surface area (TPSA) is 114 Å². The number of para-hydroxylation sites is 2. The van der Waals surface area contributed by atoms with Crippen molar-refractivity contribution < 1.29 is 19.0 Å². The summed E-state index contributed by atoms with van der Waals surface area (Å²) in [6.45, 7) is 1.54. The molecule has 34 heavy (non-hydrogen) atoms. The third-order valence-corrected chi connectivity index (χ3v) is 6.12. The van der Waals surface area contributed by atoms with Crippen molar-refractivity contribution in [2.45, 2.75) is 25.5 Å². The average molecular weight is 462 g/mol. The molecular weight excluding hydrogens is 434 g/mol. The van der Waals surface area contributed by atoms with E-state index in [-0.39, 0.29) is 12.0 Å². The predicted octanol–water partition coefficient (Wildman–Crippen LogP) is 3.14. The van der Waals surface area contributed by atoms with E-state index in [0.717, 1.165) is 30.5 Å². The number of anilines is 1. The molecule has 5 rings (SSSR count). The number of nitrogens with two attached hydrogens (primary N) is 1. The van der Waals surface area contributed by atoms with Crippen molar-refractivity contribution in [3.63, 3.8) is 0 Å². The standard InChI is InChI=1S/C25H27N5O4/c1-32-19-10-9-15(12-20(19)33-2)14-30-23(26)21(25(31)27-13-16-6-5-11-34-16)22-24(30)29-18-8-4-3-7-17(18)28-22/h3-4,7-10,12,16H,5-6,11,13-14,26H2,1-2H3,(H,27,31). The lowest BCUT2D eigenvalue weighted by Crippen LogP contribution is -2.32. The summed E-state index contributed by atoms with van der Waals surface area (Å²) in [5.41, 5.74) is 10.3. The highest BCUT2D eigenvalue weighted by atomic mass is 16.5. The fraction of sp³-hybridized carbons (Fsp3) is 0.320. The lowest BCUT2D eigenvalue weighted by Gasteiger charge is -2.12. The molecule has 9 heteroatoms. The molecule has 1 aliphatic rings. The van der Waals surface area contributed by atoms with Crippen LogP contribution in [0.25, 0.3) is 22.2 Å². The number of methoxy groups -OCH3 is 2. The molecule has 1 unspecified atom stereocenters. The van der Waals surface area contributed by atoms with Crippen LogP contribution in [0.15, 0.2) is 42.5 Å². The molecule has 0 aliphatic carbocycles. The van der Waals surface area contributed by atoms with E-state index in [1.54, 1.807) is 14.2 Å². The number of amides is 1. The van der Waals surface area contributed by atoms with Crippen LogP contribution in [0.3, 0.4) is 0 Å². The number of nitrogens with zero attached hydrogens (tertiary/aromatic N) is 3. The van der Waals surface area contributed by atoms with Crippen molar-refractivity contribution in [3.8, 4) is 11.5 Å². The van der Waals surface area contributed by atoms with Gasteiger partial charge in [0.1, 0.15) is 16.9 Å². The first kappa shape index (κ1) is 22.0. The van der Waals surface area contributed by atoms with Gasteiger partial charge in [-0.2, -0.15) is 0 Å². The third-order valence-electron chi connectivity index (χ3n) is 6.12. The van der Waals surface area contributed by atoms with Gasteiger partial charge in [-0.3, -0.25) is 4.79 Å². The van der Waals surface area contributed by atoms with Gasteiger partial charge in [0.15, 0.2) is 17.1 Å². The second kappa shape index (κ2) is 9.18. The van der Waals surface area contributed by atoms with Crippen LogP contribution >= 0.6 is 0 Å². The number of benzene rings is 2. The molecule has 9 nitrogen and oxygen atoms in total. The monoisotopic (exact) mass is 461 g/mol. The molecular formula is C25H27N5O4. The number of hydrogen-bond acceptors (Lipinski definition) is 7. The second-order valence-electron chi connectivity index (χ2n) is 8.27. The van der Waals surface area contributed by atoms with E-state index in [1.165, 1.54) is 0 Å². The van der Waals surface area contributed by atoms with Crippen LogP contribution in [0.2, 0.25) is 0 Å². The SMILES string of the molecule is COc1ccc(Cn2c(N)c(C(=O)NCC3CCCO3)c3nc4ccccc4nc32)cc1OC. The van der Waals surface area contributed by atoms with Crippen molar-refractivity contribution in [2.75, 3.05) is 33.1 Å². The number of rotatable bonds is 7. The minimum atomic E-state index is -0.284. The van der Waals surface area contributed by atoms with Gasteiger partial charge in [-0.1, -0.05) is 18.2 Å². The Hall–Kier alpha value is -3.85. The zero-order valence-electron chi connectivity index (χ0n) is 19.2. The maximum atomic E-state index is 13.3. The highest BCUT2D eigenvalue weighted by molar-refractivity contribution is 6.10. The molecule has 1 fully saturated rings. The van der Waals surface area contributed by atoms with Gasteiger partial charge < -0.3 is 29.8 Å². The molecule has 0 saturated carbocycles. The third kappa shape index (κ3) is 3.99. The van der Waals surface area contributed by atoms with E-state index in [0.29, 0.717) is 52.7 Å². The summed E-state index contributed by atoms with van der Waals surface area (Å²) in [4.78, 5) is 22.8. The smallest absolute Gasteiger partial charge is 0.257 e. The molecule has 1 saturated heterocycles. The van der Waals surface area contributed by atoms with Gasteiger partial charge in [0.05, 0.1) is 37.9 Å². The number of ether oxygens (including phenoxy) is 3. The quantitative estimate of drug-likeness (QED) is 0.435. The van der Waals surface area contributed by atoms with Crippen LogP contribution < -0.4 is 20.5 Å². The van der Waals surface area contributed by atoms with Gasteiger partial charge in [-0.25, -0.2) is 9.97 Å². The summed E-state index contributed by atoms with van der Waals surface area (Å²) < 4.78 is 18.2. The maximum Gasteiger partial charge on any atom is 0.257 e. The van der Waals surface area contributed by atoms with E-state index in [1.807, 2.05) is 47.0 Å². The number of nitrogen functional groups attached to an aromatic ring is 1. The van der Waals surface area contributed by atoms with Crippen molar-refractivity contribution in [3.05, 3.63) is 53.6 Å². The van der Waals surface area contributed by atoms with Gasteiger partial charge in [0.25, 0.3) is 5.91 Å². The van der Waals surface area contributed by atoms with Gasteiger partial charge in [-0.05, 0) is 42.7 Å². The molecule has 0 radical (unpaired) electrons. The van der Waals surface area contributed by atoms with E-state index in [2.05, 4.69) is 5.32 Å². The zero-order valence-corrected chi connectivity index (χ0v) is 19.2. The molecule has 3 heterocycles. The van der Waals surface area contributed by atoms with E-state index < -0.39 is 0 Å². The Labute approximate surface area is 196 Å². The molecule has 1 aliphatic heterocycles. The minimum Gasteiger partial charge on any atom is -0.493 e. The van der Waals surface area contributed by atoms with Gasteiger partial charge >= 0.3 is 0 Å². The first-order valence-corrected chi connectivity index (χ1v) is 11.2. The van der Waals surface area contributed by atoms with Crippen molar-refractivity contribution in [2.24, 2.45) is 0 Å². The number of hydrogen-bond donors (Lipinski definition) is 2. The Morgan fingerprint density at radius 3 is 2.62 bits per heavy atom. The van der Waals surface area contributed by atoms with Crippen LogP contribution in [-0.4, -0.2) is 53.9 Å².